The lowest BCUT2D eigenvalue weighted by Gasteiger charge is -2.18. The first-order valence-electron chi connectivity index (χ1n) is 21.9. The molecule has 0 radical (unpaired) electrons. The minimum Gasteiger partial charge on any atom is -0.462 e. The number of rotatable bonds is 39. The first kappa shape index (κ1) is 48.4. The molecule has 0 aromatic carbocycles. The second kappa shape index (κ2) is 38.6. The Labute approximate surface area is 310 Å². The summed E-state index contributed by atoms with van der Waals surface area (Å²) in [5, 5.41) is 0. The molecular formula is C44H84O6. The Hall–Kier alpha value is -1.59. The molecule has 0 amide bonds. The van der Waals surface area contributed by atoms with Gasteiger partial charge in [0.2, 0.25) is 0 Å². The van der Waals surface area contributed by atoms with E-state index < -0.39 is 6.10 Å². The van der Waals surface area contributed by atoms with Gasteiger partial charge >= 0.3 is 17.9 Å². The van der Waals surface area contributed by atoms with Crippen LogP contribution in [0.2, 0.25) is 0 Å². The molecule has 0 N–H and O–H groups in total. The second-order valence-electron chi connectivity index (χ2n) is 15.5. The Kier molecular flexibility index (Phi) is 37.4. The number of unbranched alkanes of at least 4 members (excludes halogenated alkanes) is 26. The highest BCUT2D eigenvalue weighted by Crippen LogP contribution is 2.16. The van der Waals surface area contributed by atoms with E-state index in [1.165, 1.54) is 135 Å². The molecule has 0 heterocycles. The van der Waals surface area contributed by atoms with E-state index in [1.807, 2.05) is 0 Å². The maximum atomic E-state index is 12.6. The third kappa shape index (κ3) is 37.7. The molecule has 0 saturated carbocycles. The number of esters is 3. The van der Waals surface area contributed by atoms with Crippen LogP contribution in [0.1, 0.15) is 240 Å². The van der Waals surface area contributed by atoms with E-state index in [0.29, 0.717) is 19.3 Å². The zero-order valence-electron chi connectivity index (χ0n) is 33.9. The SMILES string of the molecule is CCCCCCCCCCCCCCC(=O)O[C@H](COC(=O)CCCCCCCCC)COC(=O)CCCCCCCCCCCCC(C)C. The fourth-order valence-corrected chi connectivity index (χ4v) is 6.45. The van der Waals surface area contributed by atoms with E-state index in [-0.39, 0.29) is 31.1 Å². The van der Waals surface area contributed by atoms with Gasteiger partial charge in [0, 0.05) is 19.3 Å². The van der Waals surface area contributed by atoms with Crippen LogP contribution in [-0.4, -0.2) is 37.2 Å². The van der Waals surface area contributed by atoms with Crippen LogP contribution in [0.3, 0.4) is 0 Å². The lowest BCUT2D eigenvalue weighted by Crippen LogP contribution is -2.30. The molecule has 0 aliphatic heterocycles. The summed E-state index contributed by atoms with van der Waals surface area (Å²) in [6.07, 6.45) is 36.6. The summed E-state index contributed by atoms with van der Waals surface area (Å²) in [7, 11) is 0. The molecule has 0 fully saturated rings. The van der Waals surface area contributed by atoms with Crippen LogP contribution < -0.4 is 0 Å². The zero-order valence-corrected chi connectivity index (χ0v) is 33.9. The van der Waals surface area contributed by atoms with Crippen LogP contribution in [0.15, 0.2) is 0 Å². The quantitative estimate of drug-likeness (QED) is 0.0359. The van der Waals surface area contributed by atoms with Crippen molar-refractivity contribution < 1.29 is 28.6 Å². The Morgan fingerprint density at radius 3 is 0.980 bits per heavy atom. The molecule has 0 unspecified atom stereocenters. The third-order valence-electron chi connectivity index (χ3n) is 9.79. The van der Waals surface area contributed by atoms with Crippen LogP contribution in [0.25, 0.3) is 0 Å². The largest absolute Gasteiger partial charge is 0.462 e. The van der Waals surface area contributed by atoms with Crippen molar-refractivity contribution in [3.63, 3.8) is 0 Å². The summed E-state index contributed by atoms with van der Waals surface area (Å²) in [6, 6.07) is 0. The molecule has 0 aliphatic carbocycles. The maximum absolute atomic E-state index is 12.6. The summed E-state index contributed by atoms with van der Waals surface area (Å²) in [5.74, 6) is -0.0447. The van der Waals surface area contributed by atoms with Crippen LogP contribution in [0.4, 0.5) is 0 Å². The molecule has 0 saturated heterocycles. The van der Waals surface area contributed by atoms with Crippen molar-refractivity contribution in [1.82, 2.24) is 0 Å². The Morgan fingerprint density at radius 1 is 0.380 bits per heavy atom. The summed E-state index contributed by atoms with van der Waals surface area (Å²) < 4.78 is 16.6. The number of carbonyl (C=O) groups is 3. The normalized spacial score (nSPS) is 11.9. The van der Waals surface area contributed by atoms with E-state index in [9.17, 15) is 14.4 Å². The molecule has 0 aliphatic rings. The lowest BCUT2D eigenvalue weighted by atomic mass is 10.0. The highest BCUT2D eigenvalue weighted by molar-refractivity contribution is 5.71. The smallest absolute Gasteiger partial charge is 0.306 e. The summed E-state index contributed by atoms with van der Waals surface area (Å²) in [5.41, 5.74) is 0. The topological polar surface area (TPSA) is 78.9 Å². The minimum absolute atomic E-state index is 0.0646. The van der Waals surface area contributed by atoms with Gasteiger partial charge in [0.05, 0.1) is 0 Å². The first-order chi connectivity index (χ1) is 24.4. The van der Waals surface area contributed by atoms with Gasteiger partial charge in [-0.1, -0.05) is 201 Å². The summed E-state index contributed by atoms with van der Waals surface area (Å²) >= 11 is 0. The molecule has 0 bridgehead atoms. The molecular weight excluding hydrogens is 624 g/mol. The lowest BCUT2D eigenvalue weighted by molar-refractivity contribution is -0.167. The van der Waals surface area contributed by atoms with Gasteiger partial charge in [0.1, 0.15) is 13.2 Å². The van der Waals surface area contributed by atoms with Gasteiger partial charge in [-0.3, -0.25) is 14.4 Å². The molecule has 0 aromatic rings. The highest BCUT2D eigenvalue weighted by Gasteiger charge is 2.19. The van der Waals surface area contributed by atoms with Crippen molar-refractivity contribution in [3.8, 4) is 0 Å². The van der Waals surface area contributed by atoms with Crippen molar-refractivity contribution in [1.29, 1.82) is 0 Å². The van der Waals surface area contributed by atoms with E-state index in [1.54, 1.807) is 0 Å². The van der Waals surface area contributed by atoms with Crippen molar-refractivity contribution in [2.45, 2.75) is 246 Å². The number of hydrogen-bond donors (Lipinski definition) is 0. The Balaban J connectivity index is 4.28. The summed E-state index contributed by atoms with van der Waals surface area (Å²) in [4.78, 5) is 37.5. The van der Waals surface area contributed by atoms with Crippen LogP contribution in [-0.2, 0) is 28.6 Å². The molecule has 0 rings (SSSR count). The molecule has 50 heavy (non-hydrogen) atoms. The Bertz CT molecular complexity index is 751. The Morgan fingerprint density at radius 2 is 0.660 bits per heavy atom. The van der Waals surface area contributed by atoms with E-state index in [2.05, 4.69) is 27.7 Å². The van der Waals surface area contributed by atoms with Gasteiger partial charge in [-0.05, 0) is 25.2 Å². The average molecular weight is 709 g/mol. The number of carbonyl (C=O) groups excluding carboxylic acids is 3. The molecule has 0 spiro atoms. The zero-order chi connectivity index (χ0) is 36.8. The van der Waals surface area contributed by atoms with E-state index >= 15 is 0 Å². The molecule has 296 valence electrons. The van der Waals surface area contributed by atoms with Crippen molar-refractivity contribution in [2.24, 2.45) is 5.92 Å². The van der Waals surface area contributed by atoms with Crippen LogP contribution in [0.5, 0.6) is 0 Å². The van der Waals surface area contributed by atoms with Gasteiger partial charge in [-0.25, -0.2) is 0 Å². The van der Waals surface area contributed by atoms with E-state index in [0.717, 1.165) is 63.7 Å². The van der Waals surface area contributed by atoms with Gasteiger partial charge in [0.15, 0.2) is 6.10 Å². The monoisotopic (exact) mass is 709 g/mol. The standard InChI is InChI=1S/C44H84O6/c1-5-7-9-11-13-14-15-16-21-25-29-33-37-44(47)50-41(38-48-42(45)35-31-27-22-12-10-8-6-2)39-49-43(46)36-32-28-24-20-18-17-19-23-26-30-34-40(3)4/h40-41H,5-39H2,1-4H3/t41-/m1/s1. The average Bonchev–Trinajstić information content (AvgIpc) is 3.09. The fourth-order valence-electron chi connectivity index (χ4n) is 6.45. The van der Waals surface area contributed by atoms with Crippen molar-refractivity contribution in [3.05, 3.63) is 0 Å². The molecule has 0 aromatic heterocycles. The van der Waals surface area contributed by atoms with Crippen LogP contribution in [0, 0.1) is 5.92 Å². The van der Waals surface area contributed by atoms with Crippen molar-refractivity contribution >= 4 is 17.9 Å². The van der Waals surface area contributed by atoms with Gasteiger partial charge < -0.3 is 14.2 Å². The maximum Gasteiger partial charge on any atom is 0.306 e. The van der Waals surface area contributed by atoms with E-state index in [4.69, 9.17) is 14.2 Å². The second-order valence-corrected chi connectivity index (χ2v) is 15.5. The molecule has 1 atom stereocenters. The van der Waals surface area contributed by atoms with Gasteiger partial charge in [-0.15, -0.1) is 0 Å². The fraction of sp³-hybridized carbons (Fsp3) is 0.932. The van der Waals surface area contributed by atoms with Gasteiger partial charge in [0.25, 0.3) is 0 Å². The first-order valence-corrected chi connectivity index (χ1v) is 21.9. The summed E-state index contributed by atoms with van der Waals surface area (Å²) in [6.45, 7) is 8.93. The molecule has 6 nitrogen and oxygen atoms in total. The predicted octanol–water partition coefficient (Wildman–Crippen LogP) is 13.6. The predicted molar refractivity (Wildman–Crippen MR) is 210 cm³/mol. The van der Waals surface area contributed by atoms with Gasteiger partial charge in [-0.2, -0.15) is 0 Å². The minimum atomic E-state index is -0.757. The van der Waals surface area contributed by atoms with Crippen LogP contribution >= 0.6 is 0 Å². The highest BCUT2D eigenvalue weighted by atomic mass is 16.6. The number of ether oxygens (including phenoxy) is 3. The third-order valence-corrected chi connectivity index (χ3v) is 9.79. The molecule has 6 heteroatoms. The van der Waals surface area contributed by atoms with Crippen molar-refractivity contribution in [2.75, 3.05) is 13.2 Å². The number of hydrogen-bond acceptors (Lipinski definition) is 6.